The van der Waals surface area contributed by atoms with Gasteiger partial charge in [0.05, 0.1) is 10.6 Å². The molecule has 1 rings (SSSR count). The molecular weight excluding hydrogens is 257 g/mol. The van der Waals surface area contributed by atoms with Crippen molar-refractivity contribution in [2.75, 3.05) is 6.61 Å². The summed E-state index contributed by atoms with van der Waals surface area (Å²) in [5, 5.41) is 11.8. The van der Waals surface area contributed by atoms with Crippen molar-refractivity contribution in [3.05, 3.63) is 34.6 Å². The molecule has 100 valence electrons. The minimum Gasteiger partial charge on any atom is -0.396 e. The van der Waals surface area contributed by atoms with Gasteiger partial charge in [-0.2, -0.15) is 0 Å². The highest BCUT2D eigenvalue weighted by molar-refractivity contribution is 6.33. The molecule has 0 bridgehead atoms. The lowest BCUT2D eigenvalue weighted by molar-refractivity contribution is 0.0916. The molecule has 18 heavy (non-hydrogen) atoms. The summed E-state index contributed by atoms with van der Waals surface area (Å²) in [5.41, 5.74) is 0.238. The lowest BCUT2D eigenvalue weighted by Crippen LogP contribution is -2.39. The fourth-order valence-electron chi connectivity index (χ4n) is 1.63. The van der Waals surface area contributed by atoms with E-state index in [1.807, 2.05) is 13.8 Å². The minimum absolute atomic E-state index is 0.000274. The Labute approximate surface area is 111 Å². The molecular formula is C13H17ClFNO2. The van der Waals surface area contributed by atoms with Gasteiger partial charge in [-0.05, 0) is 30.5 Å². The normalized spacial score (nSPS) is 12.6. The van der Waals surface area contributed by atoms with E-state index < -0.39 is 5.82 Å². The predicted octanol–water partition coefficient (Wildman–Crippen LogP) is 2.62. The van der Waals surface area contributed by atoms with E-state index in [-0.39, 0.29) is 35.1 Å². The molecule has 0 radical (unpaired) electrons. The molecule has 0 saturated carbocycles. The van der Waals surface area contributed by atoms with Crippen LogP contribution in [0.4, 0.5) is 4.39 Å². The zero-order valence-electron chi connectivity index (χ0n) is 10.4. The number of carbonyl (C=O) groups is 1. The molecule has 1 atom stereocenters. The van der Waals surface area contributed by atoms with Gasteiger partial charge in [0, 0.05) is 12.6 Å². The second-order valence-corrected chi connectivity index (χ2v) is 4.87. The first-order valence-electron chi connectivity index (χ1n) is 5.82. The fraction of sp³-hybridized carbons (Fsp3) is 0.462. The summed E-state index contributed by atoms with van der Waals surface area (Å²) >= 11 is 5.81. The molecule has 1 aromatic carbocycles. The maximum atomic E-state index is 12.9. The number of amides is 1. The van der Waals surface area contributed by atoms with Crippen LogP contribution < -0.4 is 5.32 Å². The summed E-state index contributed by atoms with van der Waals surface area (Å²) in [4.78, 5) is 12.0. The molecule has 0 aliphatic carbocycles. The summed E-state index contributed by atoms with van der Waals surface area (Å²) in [6.45, 7) is 3.90. The average Bonchev–Trinajstić information content (AvgIpc) is 2.27. The van der Waals surface area contributed by atoms with Gasteiger partial charge in [0.1, 0.15) is 5.82 Å². The van der Waals surface area contributed by atoms with Crippen molar-refractivity contribution in [2.24, 2.45) is 5.92 Å². The number of nitrogens with one attached hydrogen (secondary N) is 1. The summed E-state index contributed by atoms with van der Waals surface area (Å²) in [5.74, 6) is -0.639. The smallest absolute Gasteiger partial charge is 0.253 e. The molecule has 3 nitrogen and oxygen atoms in total. The Hall–Kier alpha value is -1.13. The van der Waals surface area contributed by atoms with E-state index in [2.05, 4.69) is 5.32 Å². The number of aliphatic hydroxyl groups is 1. The maximum Gasteiger partial charge on any atom is 0.253 e. The molecule has 0 saturated heterocycles. The fourth-order valence-corrected chi connectivity index (χ4v) is 1.88. The SMILES string of the molecule is CC(C)C(CCO)NC(=O)c1ccc(F)cc1Cl. The van der Waals surface area contributed by atoms with Gasteiger partial charge in [0.25, 0.3) is 5.91 Å². The number of hydrogen-bond donors (Lipinski definition) is 2. The third-order valence-corrected chi connectivity index (χ3v) is 3.05. The first-order chi connectivity index (χ1) is 8.45. The predicted molar refractivity (Wildman–Crippen MR) is 69.2 cm³/mol. The van der Waals surface area contributed by atoms with Crippen molar-refractivity contribution >= 4 is 17.5 Å². The van der Waals surface area contributed by atoms with Crippen LogP contribution in [0.5, 0.6) is 0 Å². The molecule has 2 N–H and O–H groups in total. The molecule has 0 aromatic heterocycles. The molecule has 1 aromatic rings. The highest BCUT2D eigenvalue weighted by Gasteiger charge is 2.18. The number of rotatable bonds is 5. The zero-order valence-corrected chi connectivity index (χ0v) is 11.2. The Morgan fingerprint density at radius 2 is 2.17 bits per heavy atom. The van der Waals surface area contributed by atoms with Crippen LogP contribution in [0.15, 0.2) is 18.2 Å². The van der Waals surface area contributed by atoms with Crippen LogP contribution in [0, 0.1) is 11.7 Å². The van der Waals surface area contributed by atoms with Crippen molar-refractivity contribution in [3.63, 3.8) is 0 Å². The van der Waals surface area contributed by atoms with E-state index in [1.54, 1.807) is 0 Å². The van der Waals surface area contributed by atoms with E-state index in [4.69, 9.17) is 16.7 Å². The Morgan fingerprint density at radius 3 is 2.67 bits per heavy atom. The third-order valence-electron chi connectivity index (χ3n) is 2.74. The molecule has 0 spiro atoms. The number of aliphatic hydroxyl groups excluding tert-OH is 1. The van der Waals surface area contributed by atoms with Crippen molar-refractivity contribution < 1.29 is 14.3 Å². The lowest BCUT2D eigenvalue weighted by Gasteiger charge is -2.21. The maximum absolute atomic E-state index is 12.9. The summed E-state index contributed by atoms with van der Waals surface area (Å²) in [6.07, 6.45) is 0.474. The van der Waals surface area contributed by atoms with Crippen LogP contribution in [0.1, 0.15) is 30.6 Å². The highest BCUT2D eigenvalue weighted by atomic mass is 35.5. The van der Waals surface area contributed by atoms with Crippen LogP contribution in [0.25, 0.3) is 0 Å². The number of carbonyl (C=O) groups excluding carboxylic acids is 1. The molecule has 0 heterocycles. The van der Waals surface area contributed by atoms with E-state index in [1.165, 1.54) is 12.1 Å². The largest absolute Gasteiger partial charge is 0.396 e. The molecule has 1 amide bonds. The average molecular weight is 274 g/mol. The quantitative estimate of drug-likeness (QED) is 0.866. The van der Waals surface area contributed by atoms with Gasteiger partial charge in [0.2, 0.25) is 0 Å². The van der Waals surface area contributed by atoms with E-state index >= 15 is 0 Å². The van der Waals surface area contributed by atoms with Gasteiger partial charge < -0.3 is 10.4 Å². The Morgan fingerprint density at radius 1 is 1.50 bits per heavy atom. The second-order valence-electron chi connectivity index (χ2n) is 4.46. The molecule has 0 fully saturated rings. The first-order valence-corrected chi connectivity index (χ1v) is 6.20. The van der Waals surface area contributed by atoms with Crippen molar-refractivity contribution in [1.29, 1.82) is 0 Å². The van der Waals surface area contributed by atoms with E-state index in [0.29, 0.717) is 6.42 Å². The first kappa shape index (κ1) is 14.9. The topological polar surface area (TPSA) is 49.3 Å². The van der Waals surface area contributed by atoms with Crippen LogP contribution in [0.3, 0.4) is 0 Å². The zero-order chi connectivity index (χ0) is 13.7. The minimum atomic E-state index is -0.479. The van der Waals surface area contributed by atoms with Gasteiger partial charge in [0.15, 0.2) is 0 Å². The van der Waals surface area contributed by atoms with Crippen LogP contribution in [-0.2, 0) is 0 Å². The van der Waals surface area contributed by atoms with Gasteiger partial charge in [-0.15, -0.1) is 0 Å². The number of hydrogen-bond acceptors (Lipinski definition) is 2. The van der Waals surface area contributed by atoms with Crippen LogP contribution >= 0.6 is 11.6 Å². The second kappa shape index (κ2) is 6.71. The van der Waals surface area contributed by atoms with Crippen LogP contribution in [-0.4, -0.2) is 23.7 Å². The van der Waals surface area contributed by atoms with Gasteiger partial charge in [-0.1, -0.05) is 25.4 Å². The monoisotopic (exact) mass is 273 g/mol. The van der Waals surface area contributed by atoms with Gasteiger partial charge >= 0.3 is 0 Å². The standard InChI is InChI=1S/C13H17ClFNO2/c1-8(2)12(5-6-17)16-13(18)10-4-3-9(15)7-11(10)14/h3-4,7-8,12,17H,5-6H2,1-2H3,(H,16,18). The highest BCUT2D eigenvalue weighted by Crippen LogP contribution is 2.18. The Balaban J connectivity index is 2.80. The number of benzene rings is 1. The van der Waals surface area contributed by atoms with Gasteiger partial charge in [-0.25, -0.2) is 4.39 Å². The Kier molecular flexibility index (Phi) is 5.56. The number of halogens is 2. The van der Waals surface area contributed by atoms with E-state index in [9.17, 15) is 9.18 Å². The van der Waals surface area contributed by atoms with Crippen molar-refractivity contribution in [3.8, 4) is 0 Å². The third kappa shape index (κ3) is 3.96. The van der Waals surface area contributed by atoms with Gasteiger partial charge in [-0.3, -0.25) is 4.79 Å². The summed E-state index contributed by atoms with van der Waals surface area (Å²) < 4.78 is 12.9. The van der Waals surface area contributed by atoms with Crippen LogP contribution in [0.2, 0.25) is 5.02 Å². The van der Waals surface area contributed by atoms with Crippen molar-refractivity contribution in [1.82, 2.24) is 5.32 Å². The molecule has 5 heteroatoms. The summed E-state index contributed by atoms with van der Waals surface area (Å²) in [6, 6.07) is 3.51. The molecule has 0 aliphatic heterocycles. The van der Waals surface area contributed by atoms with E-state index in [0.717, 1.165) is 6.07 Å². The molecule has 1 unspecified atom stereocenters. The Bertz CT molecular complexity index is 423. The molecule has 0 aliphatic rings. The summed E-state index contributed by atoms with van der Waals surface area (Å²) in [7, 11) is 0. The van der Waals surface area contributed by atoms with Crippen molar-refractivity contribution in [2.45, 2.75) is 26.3 Å². The lowest BCUT2D eigenvalue weighted by atomic mass is 10.0.